The zero-order chi connectivity index (χ0) is 26.7. The molecule has 0 amide bonds. The Morgan fingerprint density at radius 1 is 0.763 bits per heavy atom. The second-order valence-corrected chi connectivity index (χ2v) is 9.70. The lowest BCUT2D eigenvalue weighted by atomic mass is 10.1. The number of rotatable bonds is 4. The Kier molecular flexibility index (Phi) is 9.64. The maximum absolute atomic E-state index is 9.10. The highest BCUT2D eigenvalue weighted by atomic mass is 32.1. The molecule has 4 aromatic rings. The minimum absolute atomic E-state index is 0.635. The second-order valence-electron chi connectivity index (χ2n) is 7.80. The van der Waals surface area contributed by atoms with Crippen LogP contribution in [0.4, 0.5) is 0 Å². The SMILES string of the molecule is C1=C(c2nc(-c3cccs3)no2)CNCC1.C1=C(c2nc(-c3cccs3)no2)CNCC1.O=C(O)C(=O)O. The van der Waals surface area contributed by atoms with Crippen molar-refractivity contribution in [3.05, 3.63) is 59.0 Å². The van der Waals surface area contributed by atoms with E-state index in [-0.39, 0.29) is 0 Å². The molecule has 4 N–H and O–H groups in total. The lowest BCUT2D eigenvalue weighted by Crippen LogP contribution is -2.21. The zero-order valence-corrected chi connectivity index (χ0v) is 21.6. The van der Waals surface area contributed by atoms with E-state index in [1.54, 1.807) is 22.7 Å². The molecule has 2 aliphatic heterocycles. The molecule has 4 aromatic heterocycles. The van der Waals surface area contributed by atoms with Gasteiger partial charge in [-0.25, -0.2) is 9.59 Å². The number of hydrogen-bond donors (Lipinski definition) is 4. The van der Waals surface area contributed by atoms with Gasteiger partial charge in [-0.2, -0.15) is 9.97 Å². The third-order valence-electron chi connectivity index (χ3n) is 5.12. The van der Waals surface area contributed by atoms with Gasteiger partial charge in [-0.05, 0) is 48.8 Å². The maximum Gasteiger partial charge on any atom is 0.414 e. The minimum atomic E-state index is -1.82. The first-order valence-electron chi connectivity index (χ1n) is 11.5. The van der Waals surface area contributed by atoms with Crippen LogP contribution in [0.1, 0.15) is 24.6 Å². The van der Waals surface area contributed by atoms with E-state index in [0.29, 0.717) is 23.4 Å². The largest absolute Gasteiger partial charge is 0.473 e. The molecule has 2 aliphatic rings. The van der Waals surface area contributed by atoms with Gasteiger partial charge in [0, 0.05) is 24.2 Å². The first-order chi connectivity index (χ1) is 18.5. The van der Waals surface area contributed by atoms with Crippen molar-refractivity contribution in [2.45, 2.75) is 12.8 Å². The molecule has 0 bridgehead atoms. The first-order valence-corrected chi connectivity index (χ1v) is 13.3. The minimum Gasteiger partial charge on any atom is -0.473 e. The molecule has 198 valence electrons. The van der Waals surface area contributed by atoms with Crippen LogP contribution in [0.25, 0.3) is 32.5 Å². The molecule has 14 heteroatoms. The van der Waals surface area contributed by atoms with Gasteiger partial charge in [0.25, 0.3) is 11.8 Å². The smallest absolute Gasteiger partial charge is 0.414 e. The van der Waals surface area contributed by atoms with Crippen LogP contribution < -0.4 is 10.6 Å². The van der Waals surface area contributed by atoms with Crippen molar-refractivity contribution < 1.29 is 28.8 Å². The van der Waals surface area contributed by atoms with Crippen LogP contribution in [0.2, 0.25) is 0 Å². The summed E-state index contributed by atoms with van der Waals surface area (Å²) in [6.07, 6.45) is 6.35. The number of carbonyl (C=O) groups is 2. The van der Waals surface area contributed by atoms with Crippen molar-refractivity contribution in [2.75, 3.05) is 26.2 Å². The average Bonchev–Trinajstić information content (AvgIpc) is 3.77. The van der Waals surface area contributed by atoms with Crippen LogP contribution in [0.15, 0.2) is 56.2 Å². The van der Waals surface area contributed by atoms with E-state index in [1.165, 1.54) is 0 Å². The number of nitrogens with one attached hydrogen (secondary N) is 2. The van der Waals surface area contributed by atoms with Gasteiger partial charge < -0.3 is 29.9 Å². The fraction of sp³-hybridized carbons (Fsp3) is 0.250. The van der Waals surface area contributed by atoms with Crippen molar-refractivity contribution in [3.63, 3.8) is 0 Å². The van der Waals surface area contributed by atoms with Gasteiger partial charge in [-0.1, -0.05) is 34.6 Å². The summed E-state index contributed by atoms with van der Waals surface area (Å²) >= 11 is 3.23. The molecule has 0 atom stereocenters. The first kappa shape index (κ1) is 27.1. The predicted molar refractivity (Wildman–Crippen MR) is 141 cm³/mol. The molecule has 6 heterocycles. The van der Waals surface area contributed by atoms with Gasteiger partial charge in [0.1, 0.15) is 0 Å². The average molecular weight is 557 g/mol. The fourth-order valence-corrected chi connectivity index (χ4v) is 4.63. The number of carboxylic acid groups (broad SMARTS) is 2. The van der Waals surface area contributed by atoms with Crippen LogP contribution in [-0.4, -0.2) is 68.6 Å². The van der Waals surface area contributed by atoms with Gasteiger partial charge in [0.05, 0.1) is 9.75 Å². The Hall–Kier alpha value is -3.98. The summed E-state index contributed by atoms with van der Waals surface area (Å²) in [5, 5.41) is 33.3. The molecule has 0 unspecified atom stereocenters. The number of aliphatic carboxylic acids is 2. The molecule has 0 aromatic carbocycles. The Bertz CT molecular complexity index is 1280. The Morgan fingerprint density at radius 3 is 1.53 bits per heavy atom. The van der Waals surface area contributed by atoms with Gasteiger partial charge >= 0.3 is 11.9 Å². The van der Waals surface area contributed by atoms with Gasteiger partial charge in [-0.15, -0.1) is 22.7 Å². The molecule has 0 saturated carbocycles. The van der Waals surface area contributed by atoms with E-state index in [1.807, 2.05) is 35.0 Å². The summed E-state index contributed by atoms with van der Waals surface area (Å²) < 4.78 is 10.5. The normalized spacial score (nSPS) is 14.7. The standard InChI is InChI=1S/2C11H11N3OS.C2H2O4/c2*1-3-8(7-12-5-1)11-13-10(14-15-11)9-4-2-6-16-9;3-1(4)2(5)6/h2*2-4,6,12H,1,5,7H2;(H,3,4)(H,5,6). The van der Waals surface area contributed by atoms with Crippen LogP contribution in [0.5, 0.6) is 0 Å². The number of carboxylic acids is 2. The third kappa shape index (κ3) is 7.52. The Balaban J connectivity index is 0.000000147. The molecule has 38 heavy (non-hydrogen) atoms. The predicted octanol–water partition coefficient (Wildman–Crippen LogP) is 3.51. The van der Waals surface area contributed by atoms with Gasteiger partial charge in [0.2, 0.25) is 11.6 Å². The lowest BCUT2D eigenvalue weighted by Gasteiger charge is -2.09. The molecule has 0 aliphatic carbocycles. The van der Waals surface area contributed by atoms with Gasteiger partial charge in [-0.3, -0.25) is 0 Å². The zero-order valence-electron chi connectivity index (χ0n) is 20.0. The topological polar surface area (TPSA) is 176 Å². The Labute approximate surface area is 224 Å². The summed E-state index contributed by atoms with van der Waals surface area (Å²) in [5.41, 5.74) is 2.20. The molecule has 0 spiro atoms. The molecular weight excluding hydrogens is 532 g/mol. The van der Waals surface area contributed by atoms with Crippen molar-refractivity contribution >= 4 is 45.8 Å². The van der Waals surface area contributed by atoms with Crippen molar-refractivity contribution in [1.29, 1.82) is 0 Å². The van der Waals surface area contributed by atoms with Crippen LogP contribution in [0, 0.1) is 0 Å². The number of nitrogens with zero attached hydrogens (tertiary/aromatic N) is 4. The summed E-state index contributed by atoms with van der Waals surface area (Å²) in [6, 6.07) is 7.95. The van der Waals surface area contributed by atoms with Crippen LogP contribution in [-0.2, 0) is 9.59 Å². The molecule has 6 rings (SSSR count). The summed E-state index contributed by atoms with van der Waals surface area (Å²) in [7, 11) is 0. The van der Waals surface area contributed by atoms with E-state index in [2.05, 4.69) is 43.1 Å². The van der Waals surface area contributed by atoms with E-state index in [9.17, 15) is 0 Å². The van der Waals surface area contributed by atoms with Crippen molar-refractivity contribution in [3.8, 4) is 21.4 Å². The van der Waals surface area contributed by atoms with Gasteiger partial charge in [0.15, 0.2) is 0 Å². The summed E-state index contributed by atoms with van der Waals surface area (Å²) in [4.78, 5) is 29.1. The highest BCUT2D eigenvalue weighted by Gasteiger charge is 2.15. The lowest BCUT2D eigenvalue weighted by molar-refractivity contribution is -0.159. The third-order valence-corrected chi connectivity index (χ3v) is 6.85. The number of thiophene rings is 2. The second kappa shape index (κ2) is 13.5. The number of hydrogen-bond acceptors (Lipinski definition) is 12. The maximum atomic E-state index is 9.10. The van der Waals surface area contributed by atoms with E-state index >= 15 is 0 Å². The van der Waals surface area contributed by atoms with E-state index in [0.717, 1.165) is 59.9 Å². The van der Waals surface area contributed by atoms with E-state index in [4.69, 9.17) is 28.8 Å². The van der Waals surface area contributed by atoms with Crippen LogP contribution >= 0.6 is 22.7 Å². The molecule has 0 saturated heterocycles. The highest BCUT2D eigenvalue weighted by molar-refractivity contribution is 7.13. The van der Waals surface area contributed by atoms with Crippen molar-refractivity contribution in [1.82, 2.24) is 30.9 Å². The summed E-state index contributed by atoms with van der Waals surface area (Å²) in [6.45, 7) is 3.67. The van der Waals surface area contributed by atoms with E-state index < -0.39 is 11.9 Å². The molecule has 0 radical (unpaired) electrons. The van der Waals surface area contributed by atoms with Crippen LogP contribution in [0.3, 0.4) is 0 Å². The fourth-order valence-electron chi connectivity index (χ4n) is 3.33. The monoisotopic (exact) mass is 556 g/mol. The van der Waals surface area contributed by atoms with Crippen molar-refractivity contribution in [2.24, 2.45) is 0 Å². The molecule has 12 nitrogen and oxygen atoms in total. The summed E-state index contributed by atoms with van der Waals surface area (Å²) in [5.74, 6) is -1.02. The number of aromatic nitrogens is 4. The molecular formula is C24H24N6O6S2. The quantitative estimate of drug-likeness (QED) is 0.269. The highest BCUT2D eigenvalue weighted by Crippen LogP contribution is 2.25. The molecule has 0 fully saturated rings. The Morgan fingerprint density at radius 2 is 1.21 bits per heavy atom.